The van der Waals surface area contributed by atoms with Gasteiger partial charge in [-0.15, -0.1) is 0 Å². The molecule has 0 bridgehead atoms. The van der Waals surface area contributed by atoms with Gasteiger partial charge in [0.05, 0.1) is 5.69 Å². The van der Waals surface area contributed by atoms with Gasteiger partial charge in [-0.2, -0.15) is 0 Å². The summed E-state index contributed by atoms with van der Waals surface area (Å²) in [5, 5.41) is 2.73. The SMILES string of the molecule is CC1Oc2ccc(C(=O)c3ccc(N)cc3)cc2NC1=O. The number of nitrogens with two attached hydrogens (primary N) is 1. The molecule has 2 aromatic carbocycles. The number of hydrogen-bond acceptors (Lipinski definition) is 4. The number of nitrogen functional groups attached to an aromatic ring is 1. The Labute approximate surface area is 121 Å². The number of anilines is 2. The average Bonchev–Trinajstić information content (AvgIpc) is 2.48. The molecule has 1 atom stereocenters. The largest absolute Gasteiger partial charge is 0.479 e. The molecule has 0 fully saturated rings. The lowest BCUT2D eigenvalue weighted by Crippen LogP contribution is -2.34. The fraction of sp³-hybridized carbons (Fsp3) is 0.125. The second kappa shape index (κ2) is 4.94. The predicted octanol–water partition coefficient (Wildman–Crippen LogP) is 2.22. The van der Waals surface area contributed by atoms with E-state index in [0.717, 1.165) is 0 Å². The first-order chi connectivity index (χ1) is 10.0. The fourth-order valence-electron chi connectivity index (χ4n) is 2.15. The molecule has 5 heteroatoms. The summed E-state index contributed by atoms with van der Waals surface area (Å²) in [6.45, 7) is 1.67. The van der Waals surface area contributed by atoms with Crippen LogP contribution in [0.3, 0.4) is 0 Å². The van der Waals surface area contributed by atoms with Crippen LogP contribution in [0.4, 0.5) is 11.4 Å². The highest BCUT2D eigenvalue weighted by Crippen LogP contribution is 2.31. The van der Waals surface area contributed by atoms with E-state index in [-0.39, 0.29) is 11.7 Å². The molecule has 0 aliphatic carbocycles. The Bertz CT molecular complexity index is 723. The van der Waals surface area contributed by atoms with Crippen LogP contribution >= 0.6 is 0 Å². The van der Waals surface area contributed by atoms with Gasteiger partial charge >= 0.3 is 0 Å². The molecule has 5 nitrogen and oxygen atoms in total. The van der Waals surface area contributed by atoms with E-state index in [1.165, 1.54) is 0 Å². The molecule has 1 amide bonds. The number of ketones is 1. The third-order valence-corrected chi connectivity index (χ3v) is 3.35. The van der Waals surface area contributed by atoms with Crippen molar-refractivity contribution in [1.29, 1.82) is 0 Å². The first-order valence-corrected chi connectivity index (χ1v) is 6.56. The van der Waals surface area contributed by atoms with Crippen LogP contribution in [0.2, 0.25) is 0 Å². The smallest absolute Gasteiger partial charge is 0.265 e. The van der Waals surface area contributed by atoms with E-state index < -0.39 is 6.10 Å². The molecule has 1 heterocycles. The third-order valence-electron chi connectivity index (χ3n) is 3.35. The van der Waals surface area contributed by atoms with Gasteiger partial charge in [0, 0.05) is 16.8 Å². The fourth-order valence-corrected chi connectivity index (χ4v) is 2.15. The molecular formula is C16H14N2O3. The number of carbonyl (C=O) groups excluding carboxylic acids is 2. The quantitative estimate of drug-likeness (QED) is 0.653. The van der Waals surface area contributed by atoms with Crippen molar-refractivity contribution in [2.24, 2.45) is 0 Å². The van der Waals surface area contributed by atoms with Gasteiger partial charge in [0.25, 0.3) is 5.91 Å². The van der Waals surface area contributed by atoms with E-state index in [2.05, 4.69) is 5.32 Å². The van der Waals surface area contributed by atoms with Crippen LogP contribution in [0.5, 0.6) is 5.75 Å². The van der Waals surface area contributed by atoms with Crippen LogP contribution < -0.4 is 15.8 Å². The number of ether oxygens (including phenoxy) is 1. The zero-order chi connectivity index (χ0) is 15.0. The van der Waals surface area contributed by atoms with Gasteiger partial charge in [-0.25, -0.2) is 0 Å². The molecule has 1 aliphatic heterocycles. The topological polar surface area (TPSA) is 81.4 Å². The van der Waals surface area contributed by atoms with Crippen molar-refractivity contribution in [2.45, 2.75) is 13.0 Å². The van der Waals surface area contributed by atoms with Crippen molar-refractivity contribution in [3.8, 4) is 5.75 Å². The van der Waals surface area contributed by atoms with Crippen molar-refractivity contribution < 1.29 is 14.3 Å². The molecule has 2 aromatic rings. The van der Waals surface area contributed by atoms with Gasteiger partial charge in [-0.1, -0.05) is 0 Å². The van der Waals surface area contributed by atoms with Gasteiger partial charge in [0.2, 0.25) is 0 Å². The molecule has 1 unspecified atom stereocenters. The zero-order valence-electron chi connectivity index (χ0n) is 11.4. The van der Waals surface area contributed by atoms with E-state index in [1.807, 2.05) is 0 Å². The van der Waals surface area contributed by atoms with Gasteiger partial charge in [-0.05, 0) is 49.4 Å². The first kappa shape index (κ1) is 13.2. The molecule has 106 valence electrons. The number of rotatable bonds is 2. The minimum Gasteiger partial charge on any atom is -0.479 e. The standard InChI is InChI=1S/C16H14N2O3/c1-9-16(20)18-13-8-11(4-7-14(13)21-9)15(19)10-2-5-12(17)6-3-10/h2-9H,17H2,1H3,(H,18,20). The lowest BCUT2D eigenvalue weighted by atomic mass is 10.0. The maximum atomic E-state index is 12.4. The Balaban J connectivity index is 1.93. The normalized spacial score (nSPS) is 16.6. The summed E-state index contributed by atoms with van der Waals surface area (Å²) in [7, 11) is 0. The first-order valence-electron chi connectivity index (χ1n) is 6.56. The van der Waals surface area contributed by atoms with Crippen LogP contribution in [-0.4, -0.2) is 17.8 Å². The number of benzene rings is 2. The Kier molecular flexibility index (Phi) is 3.10. The highest BCUT2D eigenvalue weighted by Gasteiger charge is 2.24. The molecule has 3 N–H and O–H groups in total. The average molecular weight is 282 g/mol. The summed E-state index contributed by atoms with van der Waals surface area (Å²) >= 11 is 0. The molecule has 0 radical (unpaired) electrons. The van der Waals surface area contributed by atoms with Crippen LogP contribution in [0.15, 0.2) is 42.5 Å². The van der Waals surface area contributed by atoms with E-state index >= 15 is 0 Å². The lowest BCUT2D eigenvalue weighted by Gasteiger charge is -2.23. The van der Waals surface area contributed by atoms with Gasteiger partial charge in [-0.3, -0.25) is 9.59 Å². The van der Waals surface area contributed by atoms with Gasteiger partial charge in [0.15, 0.2) is 11.9 Å². The predicted molar refractivity (Wildman–Crippen MR) is 79.4 cm³/mol. The Hall–Kier alpha value is -2.82. The van der Waals surface area contributed by atoms with Crippen molar-refractivity contribution in [2.75, 3.05) is 11.1 Å². The van der Waals surface area contributed by atoms with E-state index in [4.69, 9.17) is 10.5 Å². The summed E-state index contributed by atoms with van der Waals surface area (Å²) in [4.78, 5) is 24.0. The monoisotopic (exact) mass is 282 g/mol. The van der Waals surface area contributed by atoms with Gasteiger partial charge in [0.1, 0.15) is 5.75 Å². The van der Waals surface area contributed by atoms with E-state index in [9.17, 15) is 9.59 Å². The molecule has 0 saturated heterocycles. The van der Waals surface area contributed by atoms with Crippen molar-refractivity contribution in [1.82, 2.24) is 0 Å². The van der Waals surface area contributed by atoms with Crippen molar-refractivity contribution in [3.63, 3.8) is 0 Å². The Morgan fingerprint density at radius 3 is 2.52 bits per heavy atom. The Morgan fingerprint density at radius 1 is 1.14 bits per heavy atom. The minimum absolute atomic E-state index is 0.134. The molecule has 3 rings (SSSR count). The summed E-state index contributed by atoms with van der Waals surface area (Å²) < 4.78 is 5.46. The number of hydrogen-bond donors (Lipinski definition) is 2. The van der Waals surface area contributed by atoms with Gasteiger partial charge < -0.3 is 15.8 Å². The summed E-state index contributed by atoms with van der Waals surface area (Å²) in [6.07, 6.45) is -0.531. The van der Waals surface area contributed by atoms with Crippen LogP contribution in [-0.2, 0) is 4.79 Å². The minimum atomic E-state index is -0.531. The number of fused-ring (bicyclic) bond motifs is 1. The van der Waals surface area contributed by atoms with Crippen molar-refractivity contribution >= 4 is 23.1 Å². The van der Waals surface area contributed by atoms with Crippen molar-refractivity contribution in [3.05, 3.63) is 53.6 Å². The van der Waals surface area contributed by atoms with Crippen LogP contribution in [0.1, 0.15) is 22.8 Å². The lowest BCUT2D eigenvalue weighted by molar-refractivity contribution is -0.122. The van der Waals surface area contributed by atoms with E-state index in [0.29, 0.717) is 28.3 Å². The second-order valence-electron chi connectivity index (χ2n) is 4.91. The molecule has 1 aliphatic rings. The van der Waals surface area contributed by atoms with E-state index in [1.54, 1.807) is 49.4 Å². The van der Waals surface area contributed by atoms with Crippen LogP contribution in [0.25, 0.3) is 0 Å². The second-order valence-corrected chi connectivity index (χ2v) is 4.91. The molecule has 0 saturated carbocycles. The summed E-state index contributed by atoms with van der Waals surface area (Å²) in [5.74, 6) is 0.209. The third kappa shape index (κ3) is 2.45. The number of nitrogens with one attached hydrogen (secondary N) is 1. The number of amides is 1. The molecule has 21 heavy (non-hydrogen) atoms. The molecule has 0 aromatic heterocycles. The zero-order valence-corrected chi connectivity index (χ0v) is 11.4. The maximum Gasteiger partial charge on any atom is 0.265 e. The summed E-state index contributed by atoms with van der Waals surface area (Å²) in [5.41, 5.74) is 7.75. The highest BCUT2D eigenvalue weighted by atomic mass is 16.5. The highest BCUT2D eigenvalue weighted by molar-refractivity contribution is 6.10. The number of carbonyl (C=O) groups is 2. The summed E-state index contributed by atoms with van der Waals surface area (Å²) in [6, 6.07) is 11.7. The maximum absolute atomic E-state index is 12.4. The Morgan fingerprint density at radius 2 is 1.81 bits per heavy atom. The molecular weight excluding hydrogens is 268 g/mol. The van der Waals surface area contributed by atoms with Crippen LogP contribution in [0, 0.1) is 0 Å². The molecule has 0 spiro atoms.